The minimum absolute atomic E-state index is 0.00328. The summed E-state index contributed by atoms with van der Waals surface area (Å²) in [6.45, 7) is 5.78. The molecule has 3 rings (SSSR count). The number of rotatable bonds is 7. The van der Waals surface area contributed by atoms with E-state index < -0.39 is 9.84 Å². The Morgan fingerprint density at radius 2 is 1.90 bits per heavy atom. The Morgan fingerprint density at radius 1 is 1.23 bits per heavy atom. The van der Waals surface area contributed by atoms with Crippen LogP contribution in [0.15, 0.2) is 33.7 Å². The number of benzene rings is 1. The van der Waals surface area contributed by atoms with Crippen LogP contribution in [0.2, 0.25) is 0 Å². The number of likely N-dealkylation sites (tertiary alicyclic amines) is 1. The average molecular weight is 438 g/mol. The monoisotopic (exact) mass is 437 g/mol. The number of carbonyl (C=O) groups is 1. The summed E-state index contributed by atoms with van der Waals surface area (Å²) in [6.07, 6.45) is 2.31. The van der Waals surface area contributed by atoms with E-state index in [1.165, 1.54) is 12.1 Å². The topological polar surface area (TPSA) is 112 Å². The van der Waals surface area contributed by atoms with Crippen molar-refractivity contribution in [2.75, 3.05) is 26.0 Å². The van der Waals surface area contributed by atoms with Crippen molar-refractivity contribution in [3.8, 4) is 11.4 Å². The highest BCUT2D eigenvalue weighted by molar-refractivity contribution is 7.90. The molecule has 30 heavy (non-hydrogen) atoms. The summed E-state index contributed by atoms with van der Waals surface area (Å²) in [5.41, 5.74) is 0.658. The van der Waals surface area contributed by atoms with Gasteiger partial charge >= 0.3 is 6.09 Å². The Kier molecular flexibility index (Phi) is 7.09. The number of amides is 1. The number of aromatic nitrogens is 2. The molecule has 0 N–H and O–H groups in total. The summed E-state index contributed by atoms with van der Waals surface area (Å²) < 4.78 is 39.4. The Balaban J connectivity index is 1.47. The molecule has 1 amide bonds. The molecular formula is C20H27N3O6S. The van der Waals surface area contributed by atoms with Gasteiger partial charge in [-0.2, -0.15) is 4.98 Å². The van der Waals surface area contributed by atoms with Crippen LogP contribution in [0.4, 0.5) is 4.79 Å². The number of hydrogen-bond donors (Lipinski definition) is 0. The molecule has 2 aromatic rings. The van der Waals surface area contributed by atoms with Gasteiger partial charge in [0.1, 0.15) is 6.61 Å². The molecule has 1 aliphatic rings. The van der Waals surface area contributed by atoms with Crippen molar-refractivity contribution in [3.63, 3.8) is 0 Å². The van der Waals surface area contributed by atoms with Crippen molar-refractivity contribution in [2.45, 2.75) is 44.3 Å². The van der Waals surface area contributed by atoms with Crippen molar-refractivity contribution in [1.29, 1.82) is 0 Å². The largest absolute Gasteiger partial charge is 0.449 e. The lowest BCUT2D eigenvalue weighted by Crippen LogP contribution is -2.41. The molecule has 1 aromatic carbocycles. The molecule has 0 radical (unpaired) electrons. The number of piperidine rings is 1. The van der Waals surface area contributed by atoms with Crippen LogP contribution in [0.1, 0.15) is 32.6 Å². The van der Waals surface area contributed by atoms with Gasteiger partial charge in [0.05, 0.1) is 17.6 Å². The number of hydrogen-bond acceptors (Lipinski definition) is 8. The van der Waals surface area contributed by atoms with E-state index >= 15 is 0 Å². The first-order chi connectivity index (χ1) is 14.2. The second-order valence-electron chi connectivity index (χ2n) is 7.78. The van der Waals surface area contributed by atoms with Gasteiger partial charge in [0.25, 0.3) is 5.89 Å². The van der Waals surface area contributed by atoms with E-state index in [1.54, 1.807) is 17.0 Å². The van der Waals surface area contributed by atoms with Crippen LogP contribution in [0.3, 0.4) is 0 Å². The van der Waals surface area contributed by atoms with E-state index in [0.717, 1.165) is 6.26 Å². The third-order valence-corrected chi connectivity index (χ3v) is 5.82. The van der Waals surface area contributed by atoms with E-state index in [4.69, 9.17) is 14.0 Å². The van der Waals surface area contributed by atoms with E-state index in [-0.39, 0.29) is 23.7 Å². The molecule has 0 atom stereocenters. The lowest BCUT2D eigenvalue weighted by Gasteiger charge is -2.31. The fourth-order valence-electron chi connectivity index (χ4n) is 3.01. The summed E-state index contributed by atoms with van der Waals surface area (Å²) in [7, 11) is -3.25. The van der Waals surface area contributed by atoms with Crippen LogP contribution in [0.5, 0.6) is 0 Å². The Labute approximate surface area is 176 Å². The zero-order valence-electron chi connectivity index (χ0n) is 17.4. The highest BCUT2D eigenvalue weighted by Gasteiger charge is 2.25. The zero-order valence-corrected chi connectivity index (χ0v) is 18.2. The maximum Gasteiger partial charge on any atom is 0.409 e. The molecule has 1 fully saturated rings. The first kappa shape index (κ1) is 22.2. The smallest absolute Gasteiger partial charge is 0.409 e. The fourth-order valence-corrected chi connectivity index (χ4v) is 3.64. The molecule has 1 aromatic heterocycles. The fraction of sp³-hybridized carbons (Fsp3) is 0.550. The van der Waals surface area contributed by atoms with E-state index in [0.29, 0.717) is 55.7 Å². The van der Waals surface area contributed by atoms with Gasteiger partial charge in [-0.05, 0) is 43.0 Å². The van der Waals surface area contributed by atoms with Crippen molar-refractivity contribution in [1.82, 2.24) is 15.0 Å². The first-order valence-corrected chi connectivity index (χ1v) is 11.8. The molecule has 2 heterocycles. The van der Waals surface area contributed by atoms with Gasteiger partial charge in [0.2, 0.25) is 5.82 Å². The summed E-state index contributed by atoms with van der Waals surface area (Å²) >= 11 is 0. The van der Waals surface area contributed by atoms with E-state index in [9.17, 15) is 13.2 Å². The first-order valence-electron chi connectivity index (χ1n) is 9.88. The molecule has 0 unspecified atom stereocenters. The predicted molar refractivity (Wildman–Crippen MR) is 108 cm³/mol. The lowest BCUT2D eigenvalue weighted by molar-refractivity contribution is -0.0131. The van der Waals surface area contributed by atoms with Gasteiger partial charge < -0.3 is 18.9 Å². The molecule has 0 bridgehead atoms. The average Bonchev–Trinajstić information content (AvgIpc) is 3.19. The highest BCUT2D eigenvalue weighted by Crippen LogP contribution is 2.20. The summed E-state index contributed by atoms with van der Waals surface area (Å²) in [5.74, 6) is 1.03. The second kappa shape index (κ2) is 9.57. The van der Waals surface area contributed by atoms with E-state index in [2.05, 4.69) is 10.1 Å². The van der Waals surface area contributed by atoms with Gasteiger partial charge in [0, 0.05) is 24.9 Å². The molecule has 1 aliphatic heterocycles. The SMILES string of the molecule is CC(C)COC(=O)N1CCC(OCc2nc(-c3ccc(S(C)(=O)=O)cc3)no2)CC1. The Hall–Kier alpha value is -2.46. The third-order valence-electron chi connectivity index (χ3n) is 4.69. The number of sulfone groups is 1. The van der Waals surface area contributed by atoms with Crippen LogP contribution in [-0.2, 0) is 25.9 Å². The number of carbonyl (C=O) groups excluding carboxylic acids is 1. The summed E-state index contributed by atoms with van der Waals surface area (Å²) in [6, 6.07) is 6.30. The molecule has 0 spiro atoms. The van der Waals surface area contributed by atoms with Crippen molar-refractivity contribution < 1.29 is 27.2 Å². The molecule has 9 nitrogen and oxygen atoms in total. The standard InChI is InChI=1S/C20H27N3O6S/c1-14(2)12-28-20(24)23-10-8-16(9-11-23)27-13-18-21-19(22-29-18)15-4-6-17(7-5-15)30(3,25)26/h4-7,14,16H,8-13H2,1-3H3. The van der Waals surface area contributed by atoms with Crippen LogP contribution >= 0.6 is 0 Å². The quantitative estimate of drug-likeness (QED) is 0.650. The Bertz CT molecular complexity index is 947. The predicted octanol–water partition coefficient (Wildman–Crippen LogP) is 2.91. The summed E-state index contributed by atoms with van der Waals surface area (Å²) in [4.78, 5) is 18.2. The van der Waals surface area contributed by atoms with Crippen molar-refractivity contribution >= 4 is 15.9 Å². The molecular weight excluding hydrogens is 410 g/mol. The molecule has 0 saturated carbocycles. The lowest BCUT2D eigenvalue weighted by atomic mass is 10.1. The molecule has 164 valence electrons. The van der Waals surface area contributed by atoms with Gasteiger partial charge in [-0.3, -0.25) is 0 Å². The maximum absolute atomic E-state index is 12.0. The van der Waals surface area contributed by atoms with E-state index in [1.807, 2.05) is 13.8 Å². The van der Waals surface area contributed by atoms with Crippen LogP contribution < -0.4 is 0 Å². The second-order valence-corrected chi connectivity index (χ2v) is 9.79. The van der Waals surface area contributed by atoms with Gasteiger partial charge in [0.15, 0.2) is 9.84 Å². The third kappa shape index (κ3) is 6.02. The highest BCUT2D eigenvalue weighted by atomic mass is 32.2. The van der Waals surface area contributed by atoms with Gasteiger partial charge in [-0.1, -0.05) is 19.0 Å². The molecule has 0 aliphatic carbocycles. The zero-order chi connectivity index (χ0) is 21.7. The maximum atomic E-state index is 12.0. The summed E-state index contributed by atoms with van der Waals surface area (Å²) in [5, 5.41) is 3.93. The number of ether oxygens (including phenoxy) is 2. The minimum Gasteiger partial charge on any atom is -0.449 e. The normalized spacial score (nSPS) is 15.5. The molecule has 10 heteroatoms. The van der Waals surface area contributed by atoms with Gasteiger partial charge in [-0.15, -0.1) is 0 Å². The molecule has 1 saturated heterocycles. The Morgan fingerprint density at radius 3 is 2.50 bits per heavy atom. The van der Waals surface area contributed by atoms with Gasteiger partial charge in [-0.25, -0.2) is 13.2 Å². The van der Waals surface area contributed by atoms with Crippen molar-refractivity contribution in [3.05, 3.63) is 30.2 Å². The van der Waals surface area contributed by atoms with Crippen LogP contribution in [-0.4, -0.2) is 61.6 Å². The van der Waals surface area contributed by atoms with Crippen molar-refractivity contribution in [2.24, 2.45) is 5.92 Å². The number of nitrogens with zero attached hydrogens (tertiary/aromatic N) is 3. The van der Waals surface area contributed by atoms with Crippen LogP contribution in [0, 0.1) is 5.92 Å². The minimum atomic E-state index is -3.25. The van der Waals surface area contributed by atoms with Crippen LogP contribution in [0.25, 0.3) is 11.4 Å².